The van der Waals surface area contributed by atoms with E-state index in [0.29, 0.717) is 27.0 Å². The number of hydrogen-bond donors (Lipinski definition) is 1. The van der Waals surface area contributed by atoms with Crippen LogP contribution in [0, 0.1) is 0 Å². The van der Waals surface area contributed by atoms with Gasteiger partial charge >= 0.3 is 0 Å². The van der Waals surface area contributed by atoms with Crippen molar-refractivity contribution in [3.8, 4) is 0 Å². The number of rotatable bonds is 2. The molecule has 0 aromatic heterocycles. The minimum Gasteiger partial charge on any atom is -0.324 e. The molecular formula is C17H11Cl3N2O3. The summed E-state index contributed by atoms with van der Waals surface area (Å²) in [5.74, 6) is -2.91. The van der Waals surface area contributed by atoms with Gasteiger partial charge in [-0.1, -0.05) is 34.8 Å². The SMILES string of the molecule is CC(=O)N1C(=O)C(C(=O)Nc2ccc(Cl)cc2Cl)c2cc(Cl)ccc21. The van der Waals surface area contributed by atoms with Crippen LogP contribution in [0.5, 0.6) is 0 Å². The second-order valence-electron chi connectivity index (χ2n) is 5.44. The molecule has 5 nitrogen and oxygen atoms in total. The van der Waals surface area contributed by atoms with Crippen molar-refractivity contribution in [2.24, 2.45) is 0 Å². The Balaban J connectivity index is 1.99. The third-order valence-electron chi connectivity index (χ3n) is 3.77. The molecule has 1 unspecified atom stereocenters. The molecule has 1 N–H and O–H groups in total. The second kappa shape index (κ2) is 6.67. The van der Waals surface area contributed by atoms with Crippen LogP contribution in [0.1, 0.15) is 18.4 Å². The van der Waals surface area contributed by atoms with Crippen molar-refractivity contribution in [1.29, 1.82) is 0 Å². The molecule has 0 fully saturated rings. The number of imide groups is 1. The molecule has 128 valence electrons. The number of amides is 3. The Bertz CT molecular complexity index is 914. The summed E-state index contributed by atoms with van der Waals surface area (Å²) in [6, 6.07) is 9.17. The van der Waals surface area contributed by atoms with E-state index in [-0.39, 0.29) is 5.02 Å². The predicted octanol–water partition coefficient (Wildman–Crippen LogP) is 4.26. The van der Waals surface area contributed by atoms with Gasteiger partial charge in [0.1, 0.15) is 5.92 Å². The zero-order valence-electron chi connectivity index (χ0n) is 12.8. The van der Waals surface area contributed by atoms with Crippen LogP contribution in [-0.2, 0) is 14.4 Å². The monoisotopic (exact) mass is 396 g/mol. The molecule has 0 radical (unpaired) electrons. The topological polar surface area (TPSA) is 66.5 Å². The largest absolute Gasteiger partial charge is 0.324 e. The standard InChI is InChI=1S/C17H11Cl3N2O3/c1-8(23)22-14-5-3-9(18)6-11(14)15(17(22)25)16(24)21-13-4-2-10(19)7-12(13)20/h2-7,15H,1H3,(H,21,24). The Hall–Kier alpha value is -2.08. The first-order valence-corrected chi connectivity index (χ1v) is 8.33. The van der Waals surface area contributed by atoms with E-state index in [1.165, 1.54) is 25.1 Å². The average molecular weight is 398 g/mol. The van der Waals surface area contributed by atoms with Crippen molar-refractivity contribution in [2.45, 2.75) is 12.8 Å². The summed E-state index contributed by atoms with van der Waals surface area (Å²) in [6.07, 6.45) is 0. The lowest BCUT2D eigenvalue weighted by Gasteiger charge is -2.14. The van der Waals surface area contributed by atoms with E-state index in [9.17, 15) is 14.4 Å². The number of hydrogen-bond acceptors (Lipinski definition) is 3. The van der Waals surface area contributed by atoms with Crippen LogP contribution in [0.4, 0.5) is 11.4 Å². The van der Waals surface area contributed by atoms with Crippen molar-refractivity contribution in [1.82, 2.24) is 0 Å². The van der Waals surface area contributed by atoms with Crippen LogP contribution in [0.2, 0.25) is 15.1 Å². The van der Waals surface area contributed by atoms with Crippen LogP contribution in [0.25, 0.3) is 0 Å². The van der Waals surface area contributed by atoms with Gasteiger partial charge in [0.2, 0.25) is 11.8 Å². The van der Waals surface area contributed by atoms with E-state index < -0.39 is 23.6 Å². The minimum atomic E-state index is -1.19. The van der Waals surface area contributed by atoms with E-state index in [0.717, 1.165) is 4.90 Å². The number of halogens is 3. The van der Waals surface area contributed by atoms with Crippen molar-refractivity contribution in [3.63, 3.8) is 0 Å². The van der Waals surface area contributed by atoms with Crippen LogP contribution in [0.15, 0.2) is 36.4 Å². The average Bonchev–Trinajstić information content (AvgIpc) is 2.81. The van der Waals surface area contributed by atoms with E-state index in [1.807, 2.05) is 0 Å². The molecule has 0 saturated heterocycles. The van der Waals surface area contributed by atoms with Gasteiger partial charge in [-0.25, -0.2) is 4.90 Å². The highest BCUT2D eigenvalue weighted by Gasteiger charge is 2.44. The van der Waals surface area contributed by atoms with Crippen molar-refractivity contribution in [2.75, 3.05) is 10.2 Å². The molecule has 0 spiro atoms. The summed E-state index contributed by atoms with van der Waals surface area (Å²) >= 11 is 17.9. The fraction of sp³-hybridized carbons (Fsp3) is 0.118. The summed E-state index contributed by atoms with van der Waals surface area (Å²) in [7, 11) is 0. The van der Waals surface area contributed by atoms with E-state index in [1.54, 1.807) is 18.2 Å². The van der Waals surface area contributed by atoms with Crippen LogP contribution < -0.4 is 10.2 Å². The predicted molar refractivity (Wildman–Crippen MR) is 97.5 cm³/mol. The lowest BCUT2D eigenvalue weighted by molar-refractivity contribution is -0.129. The van der Waals surface area contributed by atoms with Gasteiger partial charge in [0, 0.05) is 17.0 Å². The number of benzene rings is 2. The molecule has 1 atom stereocenters. The molecule has 3 amide bonds. The van der Waals surface area contributed by atoms with Gasteiger partial charge in [0.25, 0.3) is 5.91 Å². The molecule has 0 saturated carbocycles. The molecular weight excluding hydrogens is 387 g/mol. The maximum Gasteiger partial charge on any atom is 0.250 e. The molecule has 25 heavy (non-hydrogen) atoms. The quantitative estimate of drug-likeness (QED) is 0.770. The summed E-state index contributed by atoms with van der Waals surface area (Å²) in [5.41, 5.74) is 1.04. The fourth-order valence-corrected chi connectivity index (χ4v) is 3.35. The van der Waals surface area contributed by atoms with Crippen LogP contribution >= 0.6 is 34.8 Å². The van der Waals surface area contributed by atoms with Gasteiger partial charge in [-0.05, 0) is 42.0 Å². The molecule has 2 aromatic rings. The molecule has 0 bridgehead atoms. The number of fused-ring (bicyclic) bond motifs is 1. The lowest BCUT2D eigenvalue weighted by atomic mass is 10.00. The maximum absolute atomic E-state index is 12.7. The molecule has 0 aliphatic carbocycles. The highest BCUT2D eigenvalue weighted by atomic mass is 35.5. The zero-order chi connectivity index (χ0) is 18.3. The van der Waals surface area contributed by atoms with Crippen molar-refractivity contribution < 1.29 is 14.4 Å². The van der Waals surface area contributed by atoms with Crippen molar-refractivity contribution >= 4 is 63.9 Å². The first-order valence-electron chi connectivity index (χ1n) is 7.19. The second-order valence-corrected chi connectivity index (χ2v) is 6.72. The van der Waals surface area contributed by atoms with E-state index >= 15 is 0 Å². The molecule has 8 heteroatoms. The highest BCUT2D eigenvalue weighted by Crippen LogP contribution is 2.40. The normalized spacial score (nSPS) is 15.9. The summed E-state index contributed by atoms with van der Waals surface area (Å²) in [6.45, 7) is 1.26. The van der Waals surface area contributed by atoms with E-state index in [2.05, 4.69) is 5.32 Å². The number of nitrogens with one attached hydrogen (secondary N) is 1. The fourth-order valence-electron chi connectivity index (χ4n) is 2.72. The molecule has 1 aliphatic heterocycles. The van der Waals surface area contributed by atoms with Crippen LogP contribution in [0.3, 0.4) is 0 Å². The number of anilines is 2. The van der Waals surface area contributed by atoms with E-state index in [4.69, 9.17) is 34.8 Å². The Labute approximate surface area is 158 Å². The zero-order valence-corrected chi connectivity index (χ0v) is 15.1. The van der Waals surface area contributed by atoms with Gasteiger partial charge < -0.3 is 5.32 Å². The van der Waals surface area contributed by atoms with Gasteiger partial charge in [-0.15, -0.1) is 0 Å². The number of carbonyl (C=O) groups excluding carboxylic acids is 3. The van der Waals surface area contributed by atoms with Gasteiger partial charge in [0.05, 0.1) is 16.4 Å². The minimum absolute atomic E-state index is 0.237. The highest BCUT2D eigenvalue weighted by molar-refractivity contribution is 6.37. The molecule has 1 aliphatic rings. The Morgan fingerprint density at radius 2 is 1.68 bits per heavy atom. The first kappa shape index (κ1) is 17.7. The number of carbonyl (C=O) groups is 3. The summed E-state index contributed by atoms with van der Waals surface area (Å²) in [4.78, 5) is 38.1. The third kappa shape index (κ3) is 3.23. The van der Waals surface area contributed by atoms with Gasteiger partial charge in [0.15, 0.2) is 0 Å². The maximum atomic E-state index is 12.7. The summed E-state index contributed by atoms with van der Waals surface area (Å²) in [5, 5.41) is 3.61. The van der Waals surface area contributed by atoms with Crippen molar-refractivity contribution in [3.05, 3.63) is 57.0 Å². The smallest absolute Gasteiger partial charge is 0.250 e. The molecule has 3 rings (SSSR count). The van der Waals surface area contributed by atoms with Gasteiger partial charge in [-0.2, -0.15) is 0 Å². The number of nitrogens with zero attached hydrogens (tertiary/aromatic N) is 1. The molecule has 1 heterocycles. The molecule has 2 aromatic carbocycles. The van der Waals surface area contributed by atoms with Crippen LogP contribution in [-0.4, -0.2) is 17.7 Å². The Morgan fingerprint density at radius 1 is 1.04 bits per heavy atom. The third-order valence-corrected chi connectivity index (χ3v) is 4.56. The Morgan fingerprint density at radius 3 is 2.32 bits per heavy atom. The lowest BCUT2D eigenvalue weighted by Crippen LogP contribution is -2.36. The first-order chi connectivity index (χ1) is 11.8. The summed E-state index contributed by atoms with van der Waals surface area (Å²) < 4.78 is 0. The van der Waals surface area contributed by atoms with Gasteiger partial charge in [-0.3, -0.25) is 14.4 Å². The Kier molecular flexibility index (Phi) is 4.73.